The zero-order valence-electron chi connectivity index (χ0n) is 10.5. The van der Waals surface area contributed by atoms with Gasteiger partial charge in [0.05, 0.1) is 19.6 Å². The Hall–Kier alpha value is -1.71. The van der Waals surface area contributed by atoms with Crippen LogP contribution in [0.15, 0.2) is 0 Å². The summed E-state index contributed by atoms with van der Waals surface area (Å²) in [6, 6.07) is 0. The summed E-state index contributed by atoms with van der Waals surface area (Å²) in [7, 11) is 0. The van der Waals surface area contributed by atoms with Crippen molar-refractivity contribution in [2.24, 2.45) is 0 Å². The quantitative estimate of drug-likeness (QED) is 0.293. The molecule has 0 spiro atoms. The van der Waals surface area contributed by atoms with E-state index < -0.39 is 43.3 Å². The molecule has 0 heterocycles. The van der Waals surface area contributed by atoms with E-state index in [0.717, 1.165) is 4.90 Å². The minimum Gasteiger partial charge on any atom is -0.480 e. The lowest BCUT2D eigenvalue weighted by molar-refractivity contribution is -0.161. The lowest BCUT2D eigenvalue weighted by Crippen LogP contribution is -2.58. The highest BCUT2D eigenvalue weighted by Crippen LogP contribution is 2.15. The minimum atomic E-state index is -1.74. The molecule has 5 N–H and O–H groups in total. The lowest BCUT2D eigenvalue weighted by Gasteiger charge is -2.37. The first-order chi connectivity index (χ1) is 8.71. The number of aliphatic carboxylic acids is 3. The summed E-state index contributed by atoms with van der Waals surface area (Å²) in [6.07, 6.45) is 0.0418. The van der Waals surface area contributed by atoms with Crippen molar-refractivity contribution in [3.8, 4) is 0 Å². The third-order valence-corrected chi connectivity index (χ3v) is 2.49. The zero-order valence-corrected chi connectivity index (χ0v) is 10.5. The molecule has 1 unspecified atom stereocenters. The summed E-state index contributed by atoms with van der Waals surface area (Å²) >= 11 is 0. The smallest absolute Gasteiger partial charge is 0.317 e. The molecule has 0 aliphatic heterocycles. The van der Waals surface area contributed by atoms with Crippen molar-refractivity contribution in [1.82, 2.24) is 10.2 Å². The molecule has 0 aromatic heterocycles. The Balaban J connectivity index is 4.80. The van der Waals surface area contributed by atoms with Crippen molar-refractivity contribution in [2.45, 2.75) is 19.1 Å². The number of hydrogen-bond donors (Lipinski definition) is 5. The molecular formula is C10H18N2O7. The molecule has 0 saturated carbocycles. The summed E-state index contributed by atoms with van der Waals surface area (Å²) in [5.41, 5.74) is -1.74. The molecular weight excluding hydrogens is 260 g/mol. The van der Waals surface area contributed by atoms with Crippen LogP contribution in [0.2, 0.25) is 0 Å². The highest BCUT2D eigenvalue weighted by molar-refractivity contribution is 5.72. The van der Waals surface area contributed by atoms with Crippen LogP contribution in [-0.4, -0.2) is 75.1 Å². The maximum absolute atomic E-state index is 10.7. The standard InChI is InChI=1S/C10H18N2O7/c1-2-10(19,6-11-3-7(13)14)12(4-8(15)16)5-9(17)18/h11,19H,2-6H2,1H3,(H,13,14)(H,15,16)(H,17,18). The number of nitrogens with zero attached hydrogens (tertiary/aromatic N) is 1. The van der Waals surface area contributed by atoms with Crippen molar-refractivity contribution in [3.05, 3.63) is 0 Å². The topological polar surface area (TPSA) is 147 Å². The molecule has 9 nitrogen and oxygen atoms in total. The number of nitrogens with one attached hydrogen (secondary N) is 1. The number of carbonyl (C=O) groups is 3. The Bertz CT molecular complexity index is 331. The van der Waals surface area contributed by atoms with Crippen molar-refractivity contribution < 1.29 is 34.8 Å². The van der Waals surface area contributed by atoms with Crippen LogP contribution in [0.1, 0.15) is 13.3 Å². The van der Waals surface area contributed by atoms with E-state index in [4.69, 9.17) is 15.3 Å². The molecule has 0 aromatic carbocycles. The molecule has 0 saturated heterocycles. The van der Waals surface area contributed by atoms with Gasteiger partial charge in [-0.1, -0.05) is 6.92 Å². The molecule has 19 heavy (non-hydrogen) atoms. The molecule has 0 aliphatic carbocycles. The van der Waals surface area contributed by atoms with E-state index in [0.29, 0.717) is 0 Å². The maximum atomic E-state index is 10.7. The Kier molecular flexibility index (Phi) is 6.98. The first-order valence-corrected chi connectivity index (χ1v) is 5.54. The Morgan fingerprint density at radius 2 is 1.53 bits per heavy atom. The van der Waals surface area contributed by atoms with E-state index in [-0.39, 0.29) is 13.0 Å². The van der Waals surface area contributed by atoms with Crippen LogP contribution < -0.4 is 5.32 Å². The van der Waals surface area contributed by atoms with Crippen LogP contribution >= 0.6 is 0 Å². The predicted octanol–water partition coefficient (Wildman–Crippen LogP) is -1.77. The third-order valence-electron chi connectivity index (χ3n) is 2.49. The second-order valence-corrected chi connectivity index (χ2v) is 3.98. The fraction of sp³-hybridized carbons (Fsp3) is 0.700. The van der Waals surface area contributed by atoms with Crippen LogP contribution in [0.25, 0.3) is 0 Å². The molecule has 0 amide bonds. The molecule has 9 heteroatoms. The molecule has 0 radical (unpaired) electrons. The van der Waals surface area contributed by atoms with Gasteiger partial charge in [-0.15, -0.1) is 0 Å². The number of carboxylic acid groups (broad SMARTS) is 3. The van der Waals surface area contributed by atoms with E-state index in [1.807, 2.05) is 0 Å². The fourth-order valence-electron chi connectivity index (χ4n) is 1.51. The monoisotopic (exact) mass is 278 g/mol. The van der Waals surface area contributed by atoms with Crippen molar-refractivity contribution in [3.63, 3.8) is 0 Å². The van der Waals surface area contributed by atoms with Gasteiger partial charge in [-0.25, -0.2) is 0 Å². The first kappa shape index (κ1) is 17.3. The summed E-state index contributed by atoms with van der Waals surface area (Å²) in [5, 5.41) is 38.5. The van der Waals surface area contributed by atoms with E-state index in [1.165, 1.54) is 0 Å². The zero-order chi connectivity index (χ0) is 15.1. The number of carboxylic acids is 3. The Labute approximate surface area is 109 Å². The van der Waals surface area contributed by atoms with Crippen LogP contribution in [0, 0.1) is 0 Å². The van der Waals surface area contributed by atoms with E-state index in [2.05, 4.69) is 5.32 Å². The predicted molar refractivity (Wildman–Crippen MR) is 62.6 cm³/mol. The van der Waals surface area contributed by atoms with Gasteiger partial charge in [-0.2, -0.15) is 0 Å². The summed E-state index contributed by atoms with van der Waals surface area (Å²) in [5.74, 6) is -3.71. The van der Waals surface area contributed by atoms with Crippen molar-refractivity contribution in [2.75, 3.05) is 26.2 Å². The van der Waals surface area contributed by atoms with Crippen LogP contribution in [0.5, 0.6) is 0 Å². The largest absolute Gasteiger partial charge is 0.480 e. The summed E-state index contributed by atoms with van der Waals surface area (Å²) < 4.78 is 0. The second kappa shape index (κ2) is 7.67. The van der Waals surface area contributed by atoms with Crippen molar-refractivity contribution in [1.29, 1.82) is 0 Å². The van der Waals surface area contributed by atoms with Gasteiger partial charge in [-0.05, 0) is 6.42 Å². The first-order valence-electron chi connectivity index (χ1n) is 5.54. The maximum Gasteiger partial charge on any atom is 0.317 e. The van der Waals surface area contributed by atoms with Gasteiger partial charge < -0.3 is 25.7 Å². The molecule has 0 aromatic rings. The van der Waals surface area contributed by atoms with Gasteiger partial charge in [-0.3, -0.25) is 19.3 Å². The van der Waals surface area contributed by atoms with Crippen LogP contribution in [0.4, 0.5) is 0 Å². The fourth-order valence-corrected chi connectivity index (χ4v) is 1.51. The number of rotatable bonds is 10. The summed E-state index contributed by atoms with van der Waals surface area (Å²) in [6.45, 7) is -0.456. The average molecular weight is 278 g/mol. The minimum absolute atomic E-state index is 0.0418. The van der Waals surface area contributed by atoms with Gasteiger partial charge in [0.2, 0.25) is 0 Å². The Morgan fingerprint density at radius 3 is 1.84 bits per heavy atom. The number of aliphatic hydroxyl groups is 1. The molecule has 0 rings (SSSR count). The van der Waals surface area contributed by atoms with Gasteiger partial charge in [0.25, 0.3) is 0 Å². The highest BCUT2D eigenvalue weighted by atomic mass is 16.4. The molecule has 0 aliphatic rings. The number of hydrogen-bond acceptors (Lipinski definition) is 6. The van der Waals surface area contributed by atoms with Gasteiger partial charge >= 0.3 is 17.9 Å². The molecule has 0 fully saturated rings. The normalized spacial score (nSPS) is 14.1. The average Bonchev–Trinajstić information content (AvgIpc) is 2.26. The molecule has 0 bridgehead atoms. The van der Waals surface area contributed by atoms with E-state index in [1.54, 1.807) is 6.92 Å². The Morgan fingerprint density at radius 1 is 1.05 bits per heavy atom. The van der Waals surface area contributed by atoms with Crippen molar-refractivity contribution >= 4 is 17.9 Å². The van der Waals surface area contributed by atoms with Gasteiger partial charge in [0.15, 0.2) is 0 Å². The van der Waals surface area contributed by atoms with Gasteiger partial charge in [0.1, 0.15) is 5.72 Å². The SMILES string of the molecule is CCC(O)(CNCC(=O)O)N(CC(=O)O)CC(=O)O. The lowest BCUT2D eigenvalue weighted by atomic mass is 10.1. The van der Waals surface area contributed by atoms with E-state index in [9.17, 15) is 19.5 Å². The van der Waals surface area contributed by atoms with E-state index >= 15 is 0 Å². The second-order valence-electron chi connectivity index (χ2n) is 3.98. The molecule has 110 valence electrons. The van der Waals surface area contributed by atoms with Crippen LogP contribution in [0.3, 0.4) is 0 Å². The molecule has 1 atom stereocenters. The third kappa shape index (κ3) is 6.70. The summed E-state index contributed by atoms with van der Waals surface area (Å²) in [4.78, 5) is 32.6. The highest BCUT2D eigenvalue weighted by Gasteiger charge is 2.35. The van der Waals surface area contributed by atoms with Gasteiger partial charge in [0, 0.05) is 6.54 Å². The van der Waals surface area contributed by atoms with Crippen LogP contribution in [-0.2, 0) is 14.4 Å².